The minimum atomic E-state index is 0.00296. The third-order valence-corrected chi connectivity index (χ3v) is 3.64. The van der Waals surface area contributed by atoms with E-state index >= 15 is 0 Å². The molecule has 3 nitrogen and oxygen atoms in total. The Morgan fingerprint density at radius 1 is 1.50 bits per heavy atom. The highest BCUT2D eigenvalue weighted by Crippen LogP contribution is 2.18. The van der Waals surface area contributed by atoms with E-state index in [2.05, 4.69) is 19.2 Å². The molecule has 0 aliphatic heterocycles. The summed E-state index contributed by atoms with van der Waals surface area (Å²) in [6.45, 7) is 4.24. The molecule has 1 aromatic carbocycles. The standard InChI is InChI=1S/C12H18N2OS/c1-3-9(2)16-8-12(15)14-11-7-5-4-6-10(11)13/h4-7,9H,3,8,13H2,1-2H3,(H,14,15). The predicted octanol–water partition coefficient (Wildman–Crippen LogP) is 2.74. The fourth-order valence-corrected chi connectivity index (χ4v) is 1.88. The molecule has 1 aromatic rings. The Kier molecular flexibility index (Phi) is 5.19. The molecule has 0 aromatic heterocycles. The topological polar surface area (TPSA) is 55.1 Å². The third kappa shape index (κ3) is 4.14. The molecule has 0 heterocycles. The van der Waals surface area contributed by atoms with E-state index in [1.54, 1.807) is 23.9 Å². The summed E-state index contributed by atoms with van der Waals surface area (Å²) in [7, 11) is 0. The van der Waals surface area contributed by atoms with Crippen molar-refractivity contribution >= 4 is 29.0 Å². The number of carbonyl (C=O) groups excluding carboxylic acids is 1. The van der Waals surface area contributed by atoms with Crippen molar-refractivity contribution in [1.29, 1.82) is 0 Å². The number of amides is 1. The largest absolute Gasteiger partial charge is 0.397 e. The molecule has 1 atom stereocenters. The fraction of sp³-hybridized carbons (Fsp3) is 0.417. The lowest BCUT2D eigenvalue weighted by Crippen LogP contribution is -2.16. The summed E-state index contributed by atoms with van der Waals surface area (Å²) >= 11 is 1.66. The lowest BCUT2D eigenvalue weighted by Gasteiger charge is -2.10. The minimum absolute atomic E-state index is 0.00296. The maximum absolute atomic E-state index is 11.6. The molecule has 0 saturated carbocycles. The average Bonchev–Trinajstić information content (AvgIpc) is 2.29. The molecule has 1 unspecified atom stereocenters. The van der Waals surface area contributed by atoms with Crippen LogP contribution < -0.4 is 11.1 Å². The second kappa shape index (κ2) is 6.43. The van der Waals surface area contributed by atoms with Crippen LogP contribution in [0, 0.1) is 0 Å². The van der Waals surface area contributed by atoms with Gasteiger partial charge in [0.05, 0.1) is 17.1 Å². The van der Waals surface area contributed by atoms with Gasteiger partial charge in [0.1, 0.15) is 0 Å². The predicted molar refractivity (Wildman–Crippen MR) is 71.7 cm³/mol. The Hall–Kier alpha value is -1.16. The van der Waals surface area contributed by atoms with E-state index in [9.17, 15) is 4.79 Å². The van der Waals surface area contributed by atoms with Gasteiger partial charge in [0.2, 0.25) is 5.91 Å². The molecule has 16 heavy (non-hydrogen) atoms. The van der Waals surface area contributed by atoms with Crippen LogP contribution in [0.25, 0.3) is 0 Å². The highest BCUT2D eigenvalue weighted by atomic mass is 32.2. The first-order valence-electron chi connectivity index (χ1n) is 5.39. The second-order valence-corrected chi connectivity index (χ2v) is 5.09. The zero-order valence-corrected chi connectivity index (χ0v) is 10.5. The van der Waals surface area contributed by atoms with Crippen LogP contribution in [0.2, 0.25) is 0 Å². The van der Waals surface area contributed by atoms with Crippen molar-refractivity contribution in [2.24, 2.45) is 0 Å². The smallest absolute Gasteiger partial charge is 0.234 e. The number of anilines is 2. The highest BCUT2D eigenvalue weighted by molar-refractivity contribution is 8.00. The van der Waals surface area contributed by atoms with Crippen LogP contribution in [0.5, 0.6) is 0 Å². The molecule has 0 fully saturated rings. The van der Waals surface area contributed by atoms with Crippen molar-refractivity contribution in [1.82, 2.24) is 0 Å². The van der Waals surface area contributed by atoms with Gasteiger partial charge < -0.3 is 11.1 Å². The summed E-state index contributed by atoms with van der Waals surface area (Å²) in [5.74, 6) is 0.478. The van der Waals surface area contributed by atoms with Gasteiger partial charge in [0.25, 0.3) is 0 Å². The lowest BCUT2D eigenvalue weighted by molar-refractivity contribution is -0.113. The Labute approximate surface area is 101 Å². The van der Waals surface area contributed by atoms with E-state index in [1.165, 1.54) is 0 Å². The Morgan fingerprint density at radius 2 is 2.19 bits per heavy atom. The van der Waals surface area contributed by atoms with E-state index in [1.807, 2.05) is 12.1 Å². The summed E-state index contributed by atoms with van der Waals surface area (Å²) in [4.78, 5) is 11.6. The van der Waals surface area contributed by atoms with E-state index < -0.39 is 0 Å². The maximum atomic E-state index is 11.6. The molecule has 1 amide bonds. The Morgan fingerprint density at radius 3 is 2.81 bits per heavy atom. The van der Waals surface area contributed by atoms with E-state index in [4.69, 9.17) is 5.73 Å². The number of nitrogen functional groups attached to an aromatic ring is 1. The van der Waals surface area contributed by atoms with Crippen LogP contribution in [0.4, 0.5) is 11.4 Å². The number of para-hydroxylation sites is 2. The van der Waals surface area contributed by atoms with Gasteiger partial charge in [-0.05, 0) is 18.6 Å². The van der Waals surface area contributed by atoms with Crippen LogP contribution in [-0.2, 0) is 4.79 Å². The molecule has 0 spiro atoms. The van der Waals surface area contributed by atoms with Crippen molar-refractivity contribution in [3.8, 4) is 0 Å². The molecule has 88 valence electrons. The molecule has 0 radical (unpaired) electrons. The number of hydrogen-bond acceptors (Lipinski definition) is 3. The molecule has 0 bridgehead atoms. The van der Waals surface area contributed by atoms with Gasteiger partial charge in [-0.25, -0.2) is 0 Å². The van der Waals surface area contributed by atoms with Crippen molar-refractivity contribution in [3.63, 3.8) is 0 Å². The monoisotopic (exact) mass is 238 g/mol. The van der Waals surface area contributed by atoms with Crippen molar-refractivity contribution in [3.05, 3.63) is 24.3 Å². The number of benzene rings is 1. The number of thioether (sulfide) groups is 1. The highest BCUT2D eigenvalue weighted by Gasteiger charge is 2.07. The summed E-state index contributed by atoms with van der Waals surface area (Å²) < 4.78 is 0. The molecule has 3 N–H and O–H groups in total. The van der Waals surface area contributed by atoms with Gasteiger partial charge in [-0.1, -0.05) is 26.0 Å². The van der Waals surface area contributed by atoms with Gasteiger partial charge in [0.15, 0.2) is 0 Å². The number of nitrogens with two attached hydrogens (primary N) is 1. The summed E-state index contributed by atoms with van der Waals surface area (Å²) in [5, 5.41) is 3.32. The van der Waals surface area contributed by atoms with Crippen molar-refractivity contribution in [2.45, 2.75) is 25.5 Å². The van der Waals surface area contributed by atoms with Crippen LogP contribution in [0.1, 0.15) is 20.3 Å². The molecule has 0 saturated heterocycles. The van der Waals surface area contributed by atoms with E-state index in [0.717, 1.165) is 6.42 Å². The first kappa shape index (κ1) is 12.9. The van der Waals surface area contributed by atoms with E-state index in [-0.39, 0.29) is 5.91 Å². The van der Waals surface area contributed by atoms with Crippen molar-refractivity contribution in [2.75, 3.05) is 16.8 Å². The van der Waals surface area contributed by atoms with Crippen LogP contribution in [-0.4, -0.2) is 16.9 Å². The molecule has 4 heteroatoms. The lowest BCUT2D eigenvalue weighted by atomic mass is 10.3. The third-order valence-electron chi connectivity index (χ3n) is 2.31. The zero-order chi connectivity index (χ0) is 12.0. The SMILES string of the molecule is CCC(C)SCC(=O)Nc1ccccc1N. The van der Waals surface area contributed by atoms with Crippen LogP contribution in [0.15, 0.2) is 24.3 Å². The first-order chi connectivity index (χ1) is 7.63. The Bertz CT molecular complexity index is 355. The summed E-state index contributed by atoms with van der Waals surface area (Å²) in [5.41, 5.74) is 7.02. The van der Waals surface area contributed by atoms with Gasteiger partial charge in [0, 0.05) is 5.25 Å². The van der Waals surface area contributed by atoms with Gasteiger partial charge >= 0.3 is 0 Å². The van der Waals surface area contributed by atoms with E-state index in [0.29, 0.717) is 22.4 Å². The molecular formula is C12H18N2OS. The number of rotatable bonds is 5. The summed E-state index contributed by atoms with van der Waals surface area (Å²) in [6.07, 6.45) is 1.07. The average molecular weight is 238 g/mol. The van der Waals surface area contributed by atoms with Crippen LogP contribution >= 0.6 is 11.8 Å². The van der Waals surface area contributed by atoms with Gasteiger partial charge in [-0.3, -0.25) is 4.79 Å². The van der Waals surface area contributed by atoms with Gasteiger partial charge in [-0.2, -0.15) is 0 Å². The second-order valence-electron chi connectivity index (χ2n) is 3.67. The van der Waals surface area contributed by atoms with Crippen LogP contribution in [0.3, 0.4) is 0 Å². The number of carbonyl (C=O) groups is 1. The maximum Gasteiger partial charge on any atom is 0.234 e. The molecular weight excluding hydrogens is 220 g/mol. The Balaban J connectivity index is 2.43. The molecule has 0 aliphatic carbocycles. The number of hydrogen-bond donors (Lipinski definition) is 2. The summed E-state index contributed by atoms with van der Waals surface area (Å²) in [6, 6.07) is 7.28. The van der Waals surface area contributed by atoms with Crippen molar-refractivity contribution < 1.29 is 4.79 Å². The zero-order valence-electron chi connectivity index (χ0n) is 9.69. The minimum Gasteiger partial charge on any atom is -0.397 e. The first-order valence-corrected chi connectivity index (χ1v) is 6.44. The van der Waals surface area contributed by atoms with Gasteiger partial charge in [-0.15, -0.1) is 11.8 Å². The normalized spacial score (nSPS) is 12.1. The molecule has 0 aliphatic rings. The molecule has 1 rings (SSSR count). The quantitative estimate of drug-likeness (QED) is 0.775. The number of nitrogens with one attached hydrogen (secondary N) is 1. The fourth-order valence-electron chi connectivity index (χ4n) is 1.13.